The van der Waals surface area contributed by atoms with E-state index in [0.717, 1.165) is 44.3 Å². The fourth-order valence-electron chi connectivity index (χ4n) is 4.54. The van der Waals surface area contributed by atoms with Crippen LogP contribution in [-0.4, -0.2) is 60.9 Å². The number of hydrogen-bond acceptors (Lipinski definition) is 4. The molecule has 0 amide bonds. The van der Waals surface area contributed by atoms with Crippen LogP contribution in [0.2, 0.25) is 0 Å². The average molecular weight is 378 g/mol. The van der Waals surface area contributed by atoms with E-state index in [4.69, 9.17) is 0 Å². The number of hydrogen-bond donors (Lipinski definition) is 0. The van der Waals surface area contributed by atoms with Crippen molar-refractivity contribution in [1.82, 2.24) is 9.80 Å². The van der Waals surface area contributed by atoms with Gasteiger partial charge in [-0.15, -0.1) is 0 Å². The van der Waals surface area contributed by atoms with Gasteiger partial charge in [-0.2, -0.15) is 0 Å². The Labute approximate surface area is 168 Å². The monoisotopic (exact) mass is 377 g/mol. The van der Waals surface area contributed by atoms with E-state index in [-0.39, 0.29) is 5.78 Å². The fraction of sp³-hybridized carbons (Fsp3) is 0.458. The maximum atomic E-state index is 11.5. The molecule has 4 nitrogen and oxygen atoms in total. The number of anilines is 1. The molecule has 0 unspecified atom stereocenters. The molecular formula is C24H31N3O. The van der Waals surface area contributed by atoms with Gasteiger partial charge in [-0.05, 0) is 62.7 Å². The summed E-state index contributed by atoms with van der Waals surface area (Å²) in [6.07, 6.45) is 2.56. The zero-order chi connectivity index (χ0) is 19.3. The molecule has 2 aliphatic heterocycles. The summed E-state index contributed by atoms with van der Waals surface area (Å²) in [5.41, 5.74) is 3.46. The van der Waals surface area contributed by atoms with Crippen LogP contribution in [0, 0.1) is 0 Å². The highest BCUT2D eigenvalue weighted by Gasteiger charge is 2.27. The minimum absolute atomic E-state index is 0.134. The molecule has 4 rings (SSSR count). The van der Waals surface area contributed by atoms with Crippen LogP contribution >= 0.6 is 0 Å². The number of ketones is 1. The van der Waals surface area contributed by atoms with Crippen molar-refractivity contribution >= 4 is 11.5 Å². The largest absolute Gasteiger partial charge is 0.369 e. The number of nitrogens with zero attached hydrogens (tertiary/aromatic N) is 3. The van der Waals surface area contributed by atoms with Crippen molar-refractivity contribution in [1.29, 1.82) is 0 Å². The third-order valence-corrected chi connectivity index (χ3v) is 6.28. The average Bonchev–Trinajstić information content (AvgIpc) is 2.75. The summed E-state index contributed by atoms with van der Waals surface area (Å²) in [5, 5.41) is 0. The van der Waals surface area contributed by atoms with Crippen LogP contribution in [0.3, 0.4) is 0 Å². The third-order valence-electron chi connectivity index (χ3n) is 6.28. The second kappa shape index (κ2) is 8.89. The van der Waals surface area contributed by atoms with Gasteiger partial charge in [-0.1, -0.05) is 30.3 Å². The van der Waals surface area contributed by atoms with Crippen LogP contribution in [0.5, 0.6) is 0 Å². The Kier molecular flexibility index (Phi) is 6.08. The van der Waals surface area contributed by atoms with E-state index < -0.39 is 0 Å². The maximum Gasteiger partial charge on any atom is 0.159 e. The van der Waals surface area contributed by atoms with Crippen LogP contribution in [0.1, 0.15) is 35.7 Å². The third kappa shape index (κ3) is 4.62. The highest BCUT2D eigenvalue weighted by atomic mass is 16.1. The Morgan fingerprint density at radius 3 is 2.11 bits per heavy atom. The smallest absolute Gasteiger partial charge is 0.159 e. The first kappa shape index (κ1) is 19.2. The zero-order valence-corrected chi connectivity index (χ0v) is 16.9. The molecule has 0 saturated carbocycles. The van der Waals surface area contributed by atoms with E-state index in [1.165, 1.54) is 37.2 Å². The lowest BCUT2D eigenvalue weighted by Crippen LogP contribution is -2.53. The SMILES string of the molecule is CC(=O)c1ccc(N2CCN(C3CCN(Cc4ccccc4)CC3)CC2)cc1. The molecule has 0 spiro atoms. The molecule has 28 heavy (non-hydrogen) atoms. The summed E-state index contributed by atoms with van der Waals surface area (Å²) in [5.74, 6) is 0.134. The number of Topliss-reactive ketones (excluding diaryl/α,β-unsaturated/α-hetero) is 1. The van der Waals surface area contributed by atoms with Crippen molar-refractivity contribution in [3.63, 3.8) is 0 Å². The van der Waals surface area contributed by atoms with Gasteiger partial charge in [0.1, 0.15) is 0 Å². The molecule has 0 bridgehead atoms. The summed E-state index contributed by atoms with van der Waals surface area (Å²) >= 11 is 0. The van der Waals surface area contributed by atoms with Crippen molar-refractivity contribution < 1.29 is 4.79 Å². The fourth-order valence-corrected chi connectivity index (χ4v) is 4.54. The van der Waals surface area contributed by atoms with Gasteiger partial charge in [0.25, 0.3) is 0 Å². The van der Waals surface area contributed by atoms with Crippen LogP contribution in [0.25, 0.3) is 0 Å². The van der Waals surface area contributed by atoms with Gasteiger partial charge in [0, 0.05) is 50.0 Å². The van der Waals surface area contributed by atoms with E-state index in [1.54, 1.807) is 6.92 Å². The molecule has 0 radical (unpaired) electrons. The standard InChI is InChI=1S/C24H31N3O/c1-20(28)22-7-9-23(10-8-22)26-15-17-27(18-16-26)24-11-13-25(14-12-24)19-21-5-3-2-4-6-21/h2-10,24H,11-19H2,1H3. The number of carbonyl (C=O) groups is 1. The van der Waals surface area contributed by atoms with Crippen LogP contribution in [0.4, 0.5) is 5.69 Å². The van der Waals surface area contributed by atoms with Crippen LogP contribution in [-0.2, 0) is 6.54 Å². The molecule has 4 heteroatoms. The summed E-state index contributed by atoms with van der Waals surface area (Å²) in [6.45, 7) is 9.53. The molecular weight excluding hydrogens is 346 g/mol. The molecule has 2 heterocycles. The lowest BCUT2D eigenvalue weighted by molar-refractivity contribution is 0.0998. The first-order valence-electron chi connectivity index (χ1n) is 10.6. The quantitative estimate of drug-likeness (QED) is 0.743. The van der Waals surface area contributed by atoms with Crippen molar-refractivity contribution in [2.75, 3.05) is 44.2 Å². The lowest BCUT2D eigenvalue weighted by Gasteiger charge is -2.43. The Hall–Kier alpha value is -2.17. The molecule has 0 aliphatic carbocycles. The van der Waals surface area contributed by atoms with E-state index in [1.807, 2.05) is 12.1 Å². The van der Waals surface area contributed by atoms with Gasteiger partial charge in [0.15, 0.2) is 5.78 Å². The first-order valence-corrected chi connectivity index (χ1v) is 10.6. The Morgan fingerprint density at radius 1 is 0.857 bits per heavy atom. The number of benzene rings is 2. The van der Waals surface area contributed by atoms with Crippen molar-refractivity contribution in [2.24, 2.45) is 0 Å². The molecule has 0 aromatic heterocycles. The Morgan fingerprint density at radius 2 is 1.50 bits per heavy atom. The summed E-state index contributed by atoms with van der Waals surface area (Å²) < 4.78 is 0. The van der Waals surface area contributed by atoms with Gasteiger partial charge < -0.3 is 4.90 Å². The van der Waals surface area contributed by atoms with Crippen molar-refractivity contribution in [2.45, 2.75) is 32.4 Å². The highest BCUT2D eigenvalue weighted by molar-refractivity contribution is 5.94. The minimum Gasteiger partial charge on any atom is -0.369 e. The molecule has 2 fully saturated rings. The molecule has 2 aromatic carbocycles. The van der Waals surface area contributed by atoms with Crippen molar-refractivity contribution in [3.05, 3.63) is 65.7 Å². The molecule has 0 N–H and O–H groups in total. The highest BCUT2D eigenvalue weighted by Crippen LogP contribution is 2.22. The zero-order valence-electron chi connectivity index (χ0n) is 16.9. The molecule has 2 aromatic rings. The number of rotatable bonds is 5. The molecule has 0 atom stereocenters. The minimum atomic E-state index is 0.134. The summed E-state index contributed by atoms with van der Waals surface area (Å²) in [6, 6.07) is 19.6. The van der Waals surface area contributed by atoms with Gasteiger partial charge in [-0.3, -0.25) is 14.6 Å². The molecule has 2 aliphatic rings. The maximum absolute atomic E-state index is 11.5. The molecule has 2 saturated heterocycles. The number of piperazine rings is 1. The molecule has 148 valence electrons. The second-order valence-corrected chi connectivity index (χ2v) is 8.12. The Balaban J connectivity index is 1.24. The first-order chi connectivity index (χ1) is 13.7. The summed E-state index contributed by atoms with van der Waals surface area (Å²) in [7, 11) is 0. The van der Waals surface area contributed by atoms with E-state index in [0.29, 0.717) is 0 Å². The predicted molar refractivity (Wildman–Crippen MR) is 115 cm³/mol. The topological polar surface area (TPSA) is 26.8 Å². The second-order valence-electron chi connectivity index (χ2n) is 8.12. The predicted octanol–water partition coefficient (Wildman–Crippen LogP) is 3.68. The van der Waals surface area contributed by atoms with Crippen molar-refractivity contribution in [3.8, 4) is 0 Å². The van der Waals surface area contributed by atoms with Gasteiger partial charge in [-0.25, -0.2) is 0 Å². The normalized spacial score (nSPS) is 19.7. The van der Waals surface area contributed by atoms with Gasteiger partial charge in [0.2, 0.25) is 0 Å². The van der Waals surface area contributed by atoms with E-state index in [2.05, 4.69) is 57.2 Å². The van der Waals surface area contributed by atoms with Crippen LogP contribution in [0.15, 0.2) is 54.6 Å². The number of likely N-dealkylation sites (tertiary alicyclic amines) is 1. The van der Waals surface area contributed by atoms with Gasteiger partial charge >= 0.3 is 0 Å². The van der Waals surface area contributed by atoms with E-state index in [9.17, 15) is 4.79 Å². The lowest BCUT2D eigenvalue weighted by atomic mass is 10.0. The van der Waals surface area contributed by atoms with Crippen LogP contribution < -0.4 is 4.90 Å². The van der Waals surface area contributed by atoms with E-state index >= 15 is 0 Å². The summed E-state index contributed by atoms with van der Waals surface area (Å²) in [4.78, 5) is 19.2. The number of carbonyl (C=O) groups excluding carboxylic acids is 1. The number of piperidine rings is 1. The van der Waals surface area contributed by atoms with Gasteiger partial charge in [0.05, 0.1) is 0 Å². The Bertz CT molecular complexity index is 758.